The summed E-state index contributed by atoms with van der Waals surface area (Å²) in [6.07, 6.45) is 2.97. The van der Waals surface area contributed by atoms with E-state index in [2.05, 4.69) is 29.0 Å². The molecule has 0 radical (unpaired) electrons. The third-order valence-corrected chi connectivity index (χ3v) is 4.38. The van der Waals surface area contributed by atoms with E-state index in [1.54, 1.807) is 0 Å². The first-order valence-corrected chi connectivity index (χ1v) is 9.26. The number of hydrogen-bond acceptors (Lipinski definition) is 4. The normalized spacial score (nSPS) is 11.1. The fourth-order valence-electron chi connectivity index (χ4n) is 2.98. The number of anilines is 1. The fraction of sp³-hybridized carbons (Fsp3) is 0.600. The van der Waals surface area contributed by atoms with Gasteiger partial charge in [0.1, 0.15) is 6.29 Å². The van der Waals surface area contributed by atoms with Crippen LogP contribution in [0.2, 0.25) is 0 Å². The summed E-state index contributed by atoms with van der Waals surface area (Å²) in [7, 11) is 0. The van der Waals surface area contributed by atoms with E-state index in [1.165, 1.54) is 0 Å². The van der Waals surface area contributed by atoms with Crippen LogP contribution in [0, 0.1) is 13.8 Å². The molecule has 0 saturated heterocycles. The molecule has 0 aliphatic heterocycles. The van der Waals surface area contributed by atoms with Gasteiger partial charge in [0, 0.05) is 5.69 Å². The Hall–Kier alpha value is -1.72. The lowest BCUT2D eigenvalue weighted by atomic mass is 10.1. The van der Waals surface area contributed by atoms with Crippen LogP contribution >= 0.6 is 0 Å². The Labute approximate surface area is 152 Å². The van der Waals surface area contributed by atoms with Crippen LogP contribution in [-0.2, 0) is 9.59 Å². The molecule has 0 spiro atoms. The Morgan fingerprint density at radius 2 is 1.72 bits per heavy atom. The lowest BCUT2D eigenvalue weighted by Crippen LogP contribution is -2.36. The average molecular weight is 348 g/mol. The molecule has 1 aromatic rings. The second-order valence-corrected chi connectivity index (χ2v) is 6.50. The molecule has 0 aromatic heterocycles. The molecule has 0 aliphatic rings. The van der Waals surface area contributed by atoms with Crippen molar-refractivity contribution >= 4 is 17.9 Å². The van der Waals surface area contributed by atoms with Crippen LogP contribution in [0.4, 0.5) is 5.69 Å². The molecule has 5 nitrogen and oxygen atoms in total. The van der Waals surface area contributed by atoms with Gasteiger partial charge in [-0.1, -0.05) is 32.0 Å². The van der Waals surface area contributed by atoms with Gasteiger partial charge >= 0.3 is 0 Å². The summed E-state index contributed by atoms with van der Waals surface area (Å²) < 4.78 is 0. The van der Waals surface area contributed by atoms with Gasteiger partial charge in [0.25, 0.3) is 0 Å². The average Bonchev–Trinajstić information content (AvgIpc) is 2.57. The molecule has 1 rings (SSSR count). The number of aldehydes is 1. The first-order chi connectivity index (χ1) is 12.0. The van der Waals surface area contributed by atoms with Crippen LogP contribution in [-0.4, -0.2) is 61.3 Å². The maximum absolute atomic E-state index is 12.4. The number of amides is 1. The zero-order chi connectivity index (χ0) is 18.7. The third-order valence-electron chi connectivity index (χ3n) is 4.38. The summed E-state index contributed by atoms with van der Waals surface area (Å²) in [4.78, 5) is 27.4. The topological polar surface area (TPSA) is 52.7 Å². The molecule has 0 bridgehead atoms. The van der Waals surface area contributed by atoms with Crippen LogP contribution in [0.25, 0.3) is 0 Å². The molecule has 1 N–H and O–H groups in total. The van der Waals surface area contributed by atoms with Crippen LogP contribution in [0.3, 0.4) is 0 Å². The van der Waals surface area contributed by atoms with Gasteiger partial charge in [-0.15, -0.1) is 0 Å². The number of para-hydroxylation sites is 1. The zero-order valence-corrected chi connectivity index (χ0v) is 16.2. The quantitative estimate of drug-likeness (QED) is 0.591. The summed E-state index contributed by atoms with van der Waals surface area (Å²) >= 11 is 0. The third kappa shape index (κ3) is 7.80. The van der Waals surface area contributed by atoms with E-state index in [0.717, 1.165) is 62.1 Å². The van der Waals surface area contributed by atoms with Crippen molar-refractivity contribution in [2.24, 2.45) is 0 Å². The smallest absolute Gasteiger partial charge is 0.238 e. The summed E-state index contributed by atoms with van der Waals surface area (Å²) in [5.74, 6) is 0.0255. The summed E-state index contributed by atoms with van der Waals surface area (Å²) in [5, 5.41) is 3.05. The van der Waals surface area contributed by atoms with Crippen LogP contribution in [0.1, 0.15) is 37.8 Å². The summed E-state index contributed by atoms with van der Waals surface area (Å²) in [6, 6.07) is 6.02. The van der Waals surface area contributed by atoms with Crippen molar-refractivity contribution in [1.29, 1.82) is 0 Å². The highest BCUT2D eigenvalue weighted by Gasteiger charge is 2.12. The predicted molar refractivity (Wildman–Crippen MR) is 104 cm³/mol. The Balaban J connectivity index is 2.46. The maximum atomic E-state index is 12.4. The van der Waals surface area contributed by atoms with Gasteiger partial charge in [-0.25, -0.2) is 0 Å². The Morgan fingerprint density at radius 3 is 2.28 bits per heavy atom. The first kappa shape index (κ1) is 21.3. The molecular formula is C20H33N3O2. The van der Waals surface area contributed by atoms with E-state index < -0.39 is 0 Å². The van der Waals surface area contributed by atoms with E-state index in [4.69, 9.17) is 0 Å². The van der Waals surface area contributed by atoms with Crippen molar-refractivity contribution < 1.29 is 9.59 Å². The predicted octanol–water partition coefficient (Wildman–Crippen LogP) is 2.86. The number of benzene rings is 1. The van der Waals surface area contributed by atoms with Crippen LogP contribution in [0.5, 0.6) is 0 Å². The number of likely N-dealkylation sites (N-methyl/N-ethyl adjacent to an activating group) is 1. The molecule has 0 unspecified atom stereocenters. The van der Waals surface area contributed by atoms with Crippen molar-refractivity contribution in [3.8, 4) is 0 Å². The van der Waals surface area contributed by atoms with E-state index in [0.29, 0.717) is 13.1 Å². The Morgan fingerprint density at radius 1 is 1.08 bits per heavy atom. The summed E-state index contributed by atoms with van der Waals surface area (Å²) in [6.45, 7) is 12.6. The number of hydrogen-bond donors (Lipinski definition) is 1. The summed E-state index contributed by atoms with van der Waals surface area (Å²) in [5.41, 5.74) is 3.09. The molecule has 0 atom stereocenters. The lowest BCUT2D eigenvalue weighted by Gasteiger charge is -2.23. The highest BCUT2D eigenvalue weighted by atomic mass is 16.2. The molecule has 1 amide bonds. The Bertz CT molecular complexity index is 525. The number of nitrogens with one attached hydrogen (secondary N) is 1. The number of nitrogens with zero attached hydrogens (tertiary/aromatic N) is 2. The number of aryl methyl sites for hydroxylation is 2. The molecule has 25 heavy (non-hydrogen) atoms. The minimum absolute atomic E-state index is 0.0255. The molecule has 5 heteroatoms. The van der Waals surface area contributed by atoms with Gasteiger partial charge in [-0.05, 0) is 64.0 Å². The van der Waals surface area contributed by atoms with Crippen LogP contribution in [0.15, 0.2) is 18.2 Å². The van der Waals surface area contributed by atoms with Gasteiger partial charge < -0.3 is 10.1 Å². The standard InChI is InChI=1S/C20H33N3O2/c1-5-11-23(14-15-24)13-8-12-22(6-2)16-19(25)21-20-17(3)9-7-10-18(20)4/h7,9-10,15H,5-6,8,11-14,16H2,1-4H3,(H,21,25). The van der Waals surface area contributed by atoms with Crippen molar-refractivity contribution in [3.05, 3.63) is 29.3 Å². The number of carbonyl (C=O) groups is 2. The van der Waals surface area contributed by atoms with Crippen molar-refractivity contribution in [2.75, 3.05) is 44.6 Å². The van der Waals surface area contributed by atoms with Gasteiger partial charge in [0.2, 0.25) is 5.91 Å². The van der Waals surface area contributed by atoms with E-state index in [1.807, 2.05) is 32.0 Å². The van der Waals surface area contributed by atoms with Crippen molar-refractivity contribution in [2.45, 2.75) is 40.5 Å². The minimum Gasteiger partial charge on any atom is -0.324 e. The molecule has 0 fully saturated rings. The molecule has 140 valence electrons. The first-order valence-electron chi connectivity index (χ1n) is 9.26. The molecule has 0 saturated carbocycles. The number of carbonyl (C=O) groups excluding carboxylic acids is 2. The highest BCUT2D eigenvalue weighted by molar-refractivity contribution is 5.93. The van der Waals surface area contributed by atoms with Crippen LogP contribution < -0.4 is 5.32 Å². The second-order valence-electron chi connectivity index (χ2n) is 6.50. The van der Waals surface area contributed by atoms with E-state index in [9.17, 15) is 9.59 Å². The van der Waals surface area contributed by atoms with E-state index >= 15 is 0 Å². The second kappa shape index (κ2) is 11.8. The van der Waals surface area contributed by atoms with Gasteiger partial charge in [0.05, 0.1) is 13.1 Å². The largest absolute Gasteiger partial charge is 0.324 e. The number of rotatable bonds is 12. The maximum Gasteiger partial charge on any atom is 0.238 e. The SMILES string of the molecule is CCCN(CC=O)CCCN(CC)CC(=O)Nc1c(C)cccc1C. The van der Waals surface area contributed by atoms with Gasteiger partial charge in [0.15, 0.2) is 0 Å². The van der Waals surface area contributed by atoms with Gasteiger partial charge in [-0.2, -0.15) is 0 Å². The minimum atomic E-state index is 0.0255. The highest BCUT2D eigenvalue weighted by Crippen LogP contribution is 2.19. The lowest BCUT2D eigenvalue weighted by molar-refractivity contribution is -0.117. The van der Waals surface area contributed by atoms with E-state index in [-0.39, 0.29) is 5.91 Å². The fourth-order valence-corrected chi connectivity index (χ4v) is 2.98. The molecule has 0 aliphatic carbocycles. The molecule has 0 heterocycles. The van der Waals surface area contributed by atoms with Crippen molar-refractivity contribution in [3.63, 3.8) is 0 Å². The molecular weight excluding hydrogens is 314 g/mol. The Kier molecular flexibility index (Phi) is 10.0. The monoisotopic (exact) mass is 347 g/mol. The zero-order valence-electron chi connectivity index (χ0n) is 16.2. The van der Waals surface area contributed by atoms with Crippen molar-refractivity contribution in [1.82, 2.24) is 9.80 Å². The molecule has 1 aromatic carbocycles. The van der Waals surface area contributed by atoms with Gasteiger partial charge in [-0.3, -0.25) is 14.6 Å².